The fourth-order valence-corrected chi connectivity index (χ4v) is 3.03. The molecule has 1 N–H and O–H groups in total. The molecule has 0 amide bonds. The lowest BCUT2D eigenvalue weighted by Crippen LogP contribution is -2.39. The van der Waals surface area contributed by atoms with Crippen LogP contribution in [0, 0.1) is 16.7 Å². The van der Waals surface area contributed by atoms with Crippen molar-refractivity contribution in [1.82, 2.24) is 0 Å². The molecule has 2 heteroatoms. The van der Waals surface area contributed by atoms with Gasteiger partial charge in [-0.2, -0.15) is 0 Å². The summed E-state index contributed by atoms with van der Waals surface area (Å²) in [5.41, 5.74) is -0.505. The quantitative estimate of drug-likeness (QED) is 0.642. The molecule has 2 aliphatic carbocycles. The number of hydrogen-bond donors (Lipinski definition) is 1. The van der Waals surface area contributed by atoms with Gasteiger partial charge in [-0.05, 0) is 25.2 Å². The number of fused-ring (bicyclic) bond motifs is 2. The van der Waals surface area contributed by atoms with E-state index in [0.29, 0.717) is 11.7 Å². The summed E-state index contributed by atoms with van der Waals surface area (Å²) in [7, 11) is 0. The van der Waals surface area contributed by atoms with Gasteiger partial charge in [-0.1, -0.05) is 13.8 Å². The second-order valence-corrected chi connectivity index (χ2v) is 4.93. The van der Waals surface area contributed by atoms with Crippen LogP contribution in [-0.4, -0.2) is 17.5 Å². The standard InChI is InChI=1S/C10H16O2/c1-9(2)7-3-4-10(5-7,6-11)8(9)12/h7,11H,3-6H2,1-2H3/t7-,10+/m0/s1. The van der Waals surface area contributed by atoms with Crippen molar-refractivity contribution in [3.05, 3.63) is 0 Å². The minimum atomic E-state index is -0.339. The van der Waals surface area contributed by atoms with E-state index in [0.717, 1.165) is 19.3 Å². The number of rotatable bonds is 1. The minimum absolute atomic E-state index is 0.0613. The maximum atomic E-state index is 11.9. The summed E-state index contributed by atoms with van der Waals surface area (Å²) in [6, 6.07) is 0. The van der Waals surface area contributed by atoms with E-state index in [9.17, 15) is 9.90 Å². The zero-order valence-corrected chi connectivity index (χ0v) is 7.76. The zero-order valence-electron chi connectivity index (χ0n) is 7.76. The highest BCUT2D eigenvalue weighted by Gasteiger charge is 2.60. The molecule has 0 unspecified atom stereocenters. The van der Waals surface area contributed by atoms with Gasteiger partial charge in [0, 0.05) is 5.41 Å². The Morgan fingerprint density at radius 1 is 1.58 bits per heavy atom. The second kappa shape index (κ2) is 2.11. The number of carbonyl (C=O) groups excluding carboxylic acids is 1. The summed E-state index contributed by atoms with van der Waals surface area (Å²) < 4.78 is 0. The molecule has 2 atom stereocenters. The van der Waals surface area contributed by atoms with Crippen LogP contribution < -0.4 is 0 Å². The Morgan fingerprint density at radius 2 is 2.25 bits per heavy atom. The molecule has 0 aliphatic heterocycles. The lowest BCUT2D eigenvalue weighted by molar-refractivity contribution is -0.137. The molecule has 2 fully saturated rings. The van der Waals surface area contributed by atoms with Gasteiger partial charge in [0.25, 0.3) is 0 Å². The number of ketones is 1. The van der Waals surface area contributed by atoms with Crippen LogP contribution in [0.3, 0.4) is 0 Å². The Bertz CT molecular complexity index is 232. The SMILES string of the molecule is CC1(C)C(=O)[C@]2(CO)CC[C@H]1C2. The van der Waals surface area contributed by atoms with Gasteiger partial charge >= 0.3 is 0 Å². The number of Topliss-reactive ketones (excluding diaryl/α,β-unsaturated/α-hetero) is 1. The van der Waals surface area contributed by atoms with Crippen molar-refractivity contribution in [3.63, 3.8) is 0 Å². The molecule has 0 spiro atoms. The van der Waals surface area contributed by atoms with Crippen molar-refractivity contribution in [2.45, 2.75) is 33.1 Å². The number of hydrogen-bond acceptors (Lipinski definition) is 2. The van der Waals surface area contributed by atoms with E-state index in [-0.39, 0.29) is 17.4 Å². The third-order valence-electron chi connectivity index (χ3n) is 4.00. The largest absolute Gasteiger partial charge is 0.395 e. The smallest absolute Gasteiger partial charge is 0.147 e. The first-order valence-corrected chi connectivity index (χ1v) is 4.69. The summed E-state index contributed by atoms with van der Waals surface area (Å²) in [6.07, 6.45) is 2.96. The molecule has 12 heavy (non-hydrogen) atoms. The minimum Gasteiger partial charge on any atom is -0.395 e. The van der Waals surface area contributed by atoms with E-state index in [1.165, 1.54) is 0 Å². The Hall–Kier alpha value is -0.370. The van der Waals surface area contributed by atoms with Crippen LogP contribution >= 0.6 is 0 Å². The van der Waals surface area contributed by atoms with Crippen LogP contribution in [0.1, 0.15) is 33.1 Å². The van der Waals surface area contributed by atoms with E-state index in [4.69, 9.17) is 0 Å². The summed E-state index contributed by atoms with van der Waals surface area (Å²) in [5.74, 6) is 0.825. The Balaban J connectivity index is 2.38. The van der Waals surface area contributed by atoms with Gasteiger partial charge in [0.2, 0.25) is 0 Å². The first-order chi connectivity index (χ1) is 5.53. The van der Waals surface area contributed by atoms with Crippen LogP contribution in [-0.2, 0) is 4.79 Å². The van der Waals surface area contributed by atoms with Gasteiger partial charge in [0.15, 0.2) is 0 Å². The topological polar surface area (TPSA) is 37.3 Å². The monoisotopic (exact) mass is 168 g/mol. The number of carbonyl (C=O) groups is 1. The van der Waals surface area contributed by atoms with E-state index >= 15 is 0 Å². The van der Waals surface area contributed by atoms with E-state index in [1.807, 2.05) is 13.8 Å². The average molecular weight is 168 g/mol. The van der Waals surface area contributed by atoms with Crippen LogP contribution in [0.4, 0.5) is 0 Å². The van der Waals surface area contributed by atoms with Gasteiger partial charge < -0.3 is 5.11 Å². The molecule has 0 aromatic heterocycles. The number of aliphatic hydroxyl groups is 1. The molecule has 2 aliphatic rings. The Morgan fingerprint density at radius 3 is 2.58 bits per heavy atom. The summed E-state index contributed by atoms with van der Waals surface area (Å²) in [4.78, 5) is 11.9. The zero-order chi connectivity index (χ0) is 8.98. The second-order valence-electron chi connectivity index (χ2n) is 4.93. The fraction of sp³-hybridized carbons (Fsp3) is 0.900. The molecule has 0 radical (unpaired) electrons. The highest BCUT2D eigenvalue weighted by atomic mass is 16.3. The third-order valence-corrected chi connectivity index (χ3v) is 4.00. The fourth-order valence-electron chi connectivity index (χ4n) is 3.03. The van der Waals surface area contributed by atoms with E-state index in [2.05, 4.69) is 0 Å². The summed E-state index contributed by atoms with van der Waals surface area (Å²) >= 11 is 0. The van der Waals surface area contributed by atoms with Gasteiger partial charge in [-0.15, -0.1) is 0 Å². The van der Waals surface area contributed by atoms with Crippen LogP contribution in [0.25, 0.3) is 0 Å². The predicted molar refractivity (Wildman–Crippen MR) is 45.6 cm³/mol. The van der Waals surface area contributed by atoms with Crippen LogP contribution in [0.15, 0.2) is 0 Å². The molecule has 0 saturated heterocycles. The maximum Gasteiger partial charge on any atom is 0.147 e. The molecule has 2 saturated carbocycles. The van der Waals surface area contributed by atoms with Gasteiger partial charge in [0.05, 0.1) is 12.0 Å². The normalized spacial score (nSPS) is 43.9. The lowest BCUT2D eigenvalue weighted by Gasteiger charge is -2.32. The van der Waals surface area contributed by atoms with Crippen LogP contribution in [0.2, 0.25) is 0 Å². The Kier molecular flexibility index (Phi) is 1.45. The molecule has 0 heterocycles. The van der Waals surface area contributed by atoms with Crippen molar-refractivity contribution < 1.29 is 9.90 Å². The lowest BCUT2D eigenvalue weighted by atomic mass is 9.71. The maximum absolute atomic E-state index is 11.9. The molecular weight excluding hydrogens is 152 g/mol. The average Bonchev–Trinajstić information content (AvgIpc) is 2.53. The molecular formula is C10H16O2. The molecule has 0 aromatic carbocycles. The van der Waals surface area contributed by atoms with Crippen molar-refractivity contribution in [1.29, 1.82) is 0 Å². The van der Waals surface area contributed by atoms with Crippen molar-refractivity contribution in [2.24, 2.45) is 16.7 Å². The highest BCUT2D eigenvalue weighted by Crippen LogP contribution is 2.59. The summed E-state index contributed by atoms with van der Waals surface area (Å²) in [6.45, 7) is 4.11. The molecule has 68 valence electrons. The molecule has 2 nitrogen and oxygen atoms in total. The number of aliphatic hydroxyl groups excluding tert-OH is 1. The molecule has 2 bridgehead atoms. The van der Waals surface area contributed by atoms with Crippen LogP contribution in [0.5, 0.6) is 0 Å². The van der Waals surface area contributed by atoms with Gasteiger partial charge in [-0.3, -0.25) is 4.79 Å². The molecule has 2 rings (SSSR count). The first-order valence-electron chi connectivity index (χ1n) is 4.69. The molecule has 0 aromatic rings. The van der Waals surface area contributed by atoms with E-state index < -0.39 is 0 Å². The van der Waals surface area contributed by atoms with Crippen molar-refractivity contribution >= 4 is 5.78 Å². The van der Waals surface area contributed by atoms with Gasteiger partial charge in [-0.25, -0.2) is 0 Å². The first kappa shape index (κ1) is 8.24. The third kappa shape index (κ3) is 0.717. The predicted octanol–water partition coefficient (Wildman–Crippen LogP) is 1.37. The summed E-state index contributed by atoms with van der Waals surface area (Å²) in [5, 5.41) is 9.22. The Labute approximate surface area is 73.0 Å². The van der Waals surface area contributed by atoms with Crippen molar-refractivity contribution in [2.75, 3.05) is 6.61 Å². The highest BCUT2D eigenvalue weighted by molar-refractivity contribution is 5.93. The van der Waals surface area contributed by atoms with Crippen molar-refractivity contribution in [3.8, 4) is 0 Å². The van der Waals surface area contributed by atoms with Gasteiger partial charge in [0.1, 0.15) is 5.78 Å². The van der Waals surface area contributed by atoms with E-state index in [1.54, 1.807) is 0 Å².